The predicted octanol–water partition coefficient (Wildman–Crippen LogP) is 6.99. The summed E-state index contributed by atoms with van der Waals surface area (Å²) in [7, 11) is 1.40. The Morgan fingerprint density at radius 3 is 2.03 bits per heavy atom. The highest BCUT2D eigenvalue weighted by Gasteiger charge is 2.17. The number of methoxy groups -OCH3 is 1. The Kier molecular flexibility index (Phi) is 7.51. The van der Waals surface area contributed by atoms with Crippen molar-refractivity contribution >= 4 is 16.9 Å². The molecule has 5 rings (SSSR count). The van der Waals surface area contributed by atoms with Gasteiger partial charge in [0.1, 0.15) is 17.2 Å². The van der Waals surface area contributed by atoms with Gasteiger partial charge in [-0.3, -0.25) is 0 Å². The maximum Gasteiger partial charge on any atom is 0.354 e. The summed E-state index contributed by atoms with van der Waals surface area (Å²) in [6, 6.07) is 36.2. The van der Waals surface area contributed by atoms with Gasteiger partial charge in [0.15, 0.2) is 0 Å². The summed E-state index contributed by atoms with van der Waals surface area (Å²) in [4.78, 5) is 12.4. The van der Waals surface area contributed by atoms with Gasteiger partial charge in [0.05, 0.1) is 20.3 Å². The van der Waals surface area contributed by atoms with E-state index in [9.17, 15) is 4.79 Å². The molecule has 0 fully saturated rings. The summed E-state index contributed by atoms with van der Waals surface area (Å²) in [5.74, 6) is 1.24. The number of esters is 1. The molecule has 0 unspecified atom stereocenters. The standard InChI is InChI=1S/C32H29NO4/c1-35-32(34)31-22-27-21-29(17-18-30(27)33(31)23-24-9-4-2-5-10-24)37-20-8-19-36-28-15-13-26(14-16-28)25-11-6-3-7-12-25/h2-7,9-18,21-22H,8,19-20,23H2,1H3. The molecular weight excluding hydrogens is 462 g/mol. The molecule has 0 atom stereocenters. The molecule has 1 heterocycles. The van der Waals surface area contributed by atoms with E-state index in [-0.39, 0.29) is 5.97 Å². The molecule has 0 aliphatic rings. The van der Waals surface area contributed by atoms with Gasteiger partial charge in [-0.15, -0.1) is 0 Å². The second kappa shape index (κ2) is 11.5. The Morgan fingerprint density at radius 2 is 1.32 bits per heavy atom. The smallest absolute Gasteiger partial charge is 0.354 e. The highest BCUT2D eigenvalue weighted by molar-refractivity contribution is 5.96. The first-order valence-electron chi connectivity index (χ1n) is 12.4. The van der Waals surface area contributed by atoms with Crippen LogP contribution in [-0.2, 0) is 11.3 Å². The van der Waals surface area contributed by atoms with E-state index in [1.807, 2.05) is 89.5 Å². The zero-order chi connectivity index (χ0) is 25.5. The number of hydrogen-bond acceptors (Lipinski definition) is 4. The van der Waals surface area contributed by atoms with Gasteiger partial charge in [-0.1, -0.05) is 72.8 Å². The fourth-order valence-electron chi connectivity index (χ4n) is 4.36. The minimum atomic E-state index is -0.358. The normalized spacial score (nSPS) is 10.8. The molecule has 0 aliphatic heterocycles. The number of rotatable bonds is 10. The molecule has 186 valence electrons. The van der Waals surface area contributed by atoms with Gasteiger partial charge in [-0.05, 0) is 53.1 Å². The Labute approximate surface area is 216 Å². The fraction of sp³-hybridized carbons (Fsp3) is 0.156. The largest absolute Gasteiger partial charge is 0.493 e. The van der Waals surface area contributed by atoms with E-state index in [0.29, 0.717) is 25.5 Å². The van der Waals surface area contributed by atoms with Crippen LogP contribution in [-0.4, -0.2) is 30.9 Å². The van der Waals surface area contributed by atoms with Crippen LogP contribution < -0.4 is 9.47 Å². The molecule has 0 amide bonds. The van der Waals surface area contributed by atoms with E-state index in [4.69, 9.17) is 14.2 Å². The van der Waals surface area contributed by atoms with Gasteiger partial charge in [0.25, 0.3) is 0 Å². The number of hydrogen-bond donors (Lipinski definition) is 0. The molecule has 0 radical (unpaired) electrons. The third kappa shape index (κ3) is 5.84. The lowest BCUT2D eigenvalue weighted by atomic mass is 10.1. The highest BCUT2D eigenvalue weighted by Crippen LogP contribution is 2.27. The molecule has 4 aromatic carbocycles. The van der Waals surface area contributed by atoms with Crippen LogP contribution in [0, 0.1) is 0 Å². The van der Waals surface area contributed by atoms with Crippen molar-refractivity contribution in [1.29, 1.82) is 0 Å². The first kappa shape index (κ1) is 24.2. The van der Waals surface area contributed by atoms with Gasteiger partial charge >= 0.3 is 5.97 Å². The van der Waals surface area contributed by atoms with Crippen molar-refractivity contribution in [2.24, 2.45) is 0 Å². The fourth-order valence-corrected chi connectivity index (χ4v) is 4.36. The number of carbonyl (C=O) groups excluding carboxylic acids is 1. The van der Waals surface area contributed by atoms with Crippen LogP contribution >= 0.6 is 0 Å². The summed E-state index contributed by atoms with van der Waals surface area (Å²) in [5.41, 5.74) is 4.94. The average Bonchev–Trinajstić information content (AvgIpc) is 3.31. The first-order chi connectivity index (χ1) is 18.2. The van der Waals surface area contributed by atoms with Gasteiger partial charge in [-0.25, -0.2) is 4.79 Å². The number of carbonyl (C=O) groups is 1. The van der Waals surface area contributed by atoms with E-state index in [1.165, 1.54) is 18.2 Å². The molecule has 5 aromatic rings. The lowest BCUT2D eigenvalue weighted by Gasteiger charge is -2.11. The van der Waals surface area contributed by atoms with Crippen LogP contribution in [0.5, 0.6) is 11.5 Å². The Bertz CT molecular complexity index is 1460. The van der Waals surface area contributed by atoms with E-state index in [1.54, 1.807) is 0 Å². The summed E-state index contributed by atoms with van der Waals surface area (Å²) in [5, 5.41) is 0.934. The van der Waals surface area contributed by atoms with E-state index < -0.39 is 0 Å². The van der Waals surface area contributed by atoms with Crippen LogP contribution in [0.1, 0.15) is 22.5 Å². The van der Waals surface area contributed by atoms with Crippen molar-refractivity contribution in [2.75, 3.05) is 20.3 Å². The van der Waals surface area contributed by atoms with Gasteiger partial charge in [-0.2, -0.15) is 0 Å². The lowest BCUT2D eigenvalue weighted by Crippen LogP contribution is -2.11. The van der Waals surface area contributed by atoms with Crippen LogP contribution in [0.15, 0.2) is 109 Å². The Morgan fingerprint density at radius 1 is 0.703 bits per heavy atom. The van der Waals surface area contributed by atoms with Gasteiger partial charge < -0.3 is 18.8 Å². The molecule has 0 saturated carbocycles. The average molecular weight is 492 g/mol. The minimum absolute atomic E-state index is 0.358. The molecule has 0 N–H and O–H groups in total. The highest BCUT2D eigenvalue weighted by atomic mass is 16.5. The molecule has 37 heavy (non-hydrogen) atoms. The van der Waals surface area contributed by atoms with E-state index in [2.05, 4.69) is 24.3 Å². The number of aromatic nitrogens is 1. The molecular formula is C32H29NO4. The van der Waals surface area contributed by atoms with Crippen LogP contribution in [0.25, 0.3) is 22.0 Å². The minimum Gasteiger partial charge on any atom is -0.493 e. The van der Waals surface area contributed by atoms with Crippen molar-refractivity contribution in [3.63, 3.8) is 0 Å². The third-order valence-corrected chi connectivity index (χ3v) is 6.24. The molecule has 0 aliphatic carbocycles. The summed E-state index contributed by atoms with van der Waals surface area (Å²) in [6.45, 7) is 1.67. The van der Waals surface area contributed by atoms with Crippen molar-refractivity contribution in [1.82, 2.24) is 4.57 Å². The second-order valence-electron chi connectivity index (χ2n) is 8.75. The van der Waals surface area contributed by atoms with Crippen molar-refractivity contribution in [2.45, 2.75) is 13.0 Å². The SMILES string of the molecule is COC(=O)c1cc2cc(OCCCOc3ccc(-c4ccccc4)cc3)ccc2n1Cc1ccccc1. The monoisotopic (exact) mass is 491 g/mol. The molecule has 0 bridgehead atoms. The summed E-state index contributed by atoms with van der Waals surface area (Å²) in [6.07, 6.45) is 0.751. The zero-order valence-electron chi connectivity index (χ0n) is 20.8. The second-order valence-corrected chi connectivity index (χ2v) is 8.75. The lowest BCUT2D eigenvalue weighted by molar-refractivity contribution is 0.0589. The maximum absolute atomic E-state index is 12.4. The van der Waals surface area contributed by atoms with Crippen molar-refractivity contribution in [3.05, 3.63) is 120 Å². The summed E-state index contributed by atoms with van der Waals surface area (Å²) < 4.78 is 18.9. The molecule has 1 aromatic heterocycles. The molecule has 0 spiro atoms. The topological polar surface area (TPSA) is 49.7 Å². The van der Waals surface area contributed by atoms with E-state index in [0.717, 1.165) is 34.4 Å². The van der Waals surface area contributed by atoms with Gasteiger partial charge in [0, 0.05) is 23.9 Å². The number of fused-ring (bicyclic) bond motifs is 1. The van der Waals surface area contributed by atoms with Crippen LogP contribution in [0.2, 0.25) is 0 Å². The molecule has 5 heteroatoms. The van der Waals surface area contributed by atoms with Crippen LogP contribution in [0.3, 0.4) is 0 Å². The molecule has 5 nitrogen and oxygen atoms in total. The number of benzene rings is 4. The third-order valence-electron chi connectivity index (χ3n) is 6.24. The van der Waals surface area contributed by atoms with Crippen molar-refractivity contribution < 1.29 is 19.0 Å². The Balaban J connectivity index is 1.18. The Hall–Kier alpha value is -4.51. The van der Waals surface area contributed by atoms with Gasteiger partial charge in [0.2, 0.25) is 0 Å². The van der Waals surface area contributed by atoms with E-state index >= 15 is 0 Å². The number of nitrogens with zero attached hydrogens (tertiary/aromatic N) is 1. The maximum atomic E-state index is 12.4. The van der Waals surface area contributed by atoms with Crippen molar-refractivity contribution in [3.8, 4) is 22.6 Å². The first-order valence-corrected chi connectivity index (χ1v) is 12.4. The van der Waals surface area contributed by atoms with Crippen LogP contribution in [0.4, 0.5) is 0 Å². The quantitative estimate of drug-likeness (QED) is 0.156. The summed E-state index contributed by atoms with van der Waals surface area (Å²) >= 11 is 0. The number of ether oxygens (including phenoxy) is 3. The molecule has 0 saturated heterocycles. The zero-order valence-corrected chi connectivity index (χ0v) is 20.8. The predicted molar refractivity (Wildman–Crippen MR) is 146 cm³/mol.